The molecular weight excluding hydrogens is 224 g/mol. The van der Waals surface area contributed by atoms with Crippen molar-refractivity contribution in [2.45, 2.75) is 13.3 Å². The van der Waals surface area contributed by atoms with Crippen molar-refractivity contribution in [2.24, 2.45) is 5.92 Å². The fourth-order valence-electron chi connectivity index (χ4n) is 1.85. The van der Waals surface area contributed by atoms with Crippen LogP contribution in [0.4, 0.5) is 0 Å². The van der Waals surface area contributed by atoms with E-state index in [2.05, 4.69) is 4.98 Å². The zero-order chi connectivity index (χ0) is 11.5. The van der Waals surface area contributed by atoms with Crippen LogP contribution in [0.3, 0.4) is 0 Å². The second-order valence-electron chi connectivity index (χ2n) is 4.17. The topological polar surface area (TPSA) is 42.4 Å². The van der Waals surface area contributed by atoms with Gasteiger partial charge in [0.05, 0.1) is 11.6 Å². The lowest BCUT2D eigenvalue weighted by Gasteiger charge is -2.19. The molecule has 1 atom stereocenters. The number of nitrogens with zero attached hydrogens (tertiary/aromatic N) is 2. The Hall–Kier alpha value is -0.940. The summed E-state index contributed by atoms with van der Waals surface area (Å²) in [4.78, 5) is 17.9. The van der Waals surface area contributed by atoms with Gasteiger partial charge in [0.1, 0.15) is 5.69 Å². The van der Waals surface area contributed by atoms with Crippen molar-refractivity contribution in [3.63, 3.8) is 0 Å². The Morgan fingerprint density at radius 3 is 3.12 bits per heavy atom. The fraction of sp³-hybridized carbons (Fsp3) is 0.636. The van der Waals surface area contributed by atoms with Gasteiger partial charge in [0, 0.05) is 31.5 Å². The van der Waals surface area contributed by atoms with Crippen molar-refractivity contribution < 1.29 is 9.53 Å². The first-order valence-electron chi connectivity index (χ1n) is 5.42. The van der Waals surface area contributed by atoms with Crippen LogP contribution in [0.1, 0.15) is 21.9 Å². The van der Waals surface area contributed by atoms with Crippen molar-refractivity contribution in [1.29, 1.82) is 0 Å². The highest BCUT2D eigenvalue weighted by Gasteiger charge is 2.21. The van der Waals surface area contributed by atoms with Gasteiger partial charge < -0.3 is 9.64 Å². The van der Waals surface area contributed by atoms with E-state index >= 15 is 0 Å². The molecule has 1 fully saturated rings. The average Bonchev–Trinajstić information content (AvgIpc) is 2.88. The van der Waals surface area contributed by atoms with Gasteiger partial charge in [-0.05, 0) is 13.3 Å². The minimum atomic E-state index is 0.0104. The molecule has 0 bridgehead atoms. The van der Waals surface area contributed by atoms with Crippen LogP contribution in [0, 0.1) is 12.8 Å². The van der Waals surface area contributed by atoms with Crippen LogP contribution in [-0.2, 0) is 4.74 Å². The molecule has 0 N–H and O–H groups in total. The first-order chi connectivity index (χ1) is 7.66. The zero-order valence-corrected chi connectivity index (χ0v) is 10.4. The molecule has 2 rings (SSSR count). The average molecular weight is 240 g/mol. The molecule has 2 heterocycles. The first-order valence-corrected chi connectivity index (χ1v) is 6.30. The highest BCUT2D eigenvalue weighted by molar-refractivity contribution is 7.09. The summed E-state index contributed by atoms with van der Waals surface area (Å²) in [5.41, 5.74) is 0.559. The molecule has 5 heteroatoms. The van der Waals surface area contributed by atoms with Crippen LogP contribution in [-0.4, -0.2) is 42.6 Å². The maximum atomic E-state index is 12.0. The lowest BCUT2D eigenvalue weighted by molar-refractivity contribution is 0.0761. The summed E-state index contributed by atoms with van der Waals surface area (Å²) in [7, 11) is 1.83. The second kappa shape index (κ2) is 4.93. The summed E-state index contributed by atoms with van der Waals surface area (Å²) >= 11 is 1.51. The summed E-state index contributed by atoms with van der Waals surface area (Å²) in [6, 6.07) is 0. The van der Waals surface area contributed by atoms with E-state index < -0.39 is 0 Å². The maximum absolute atomic E-state index is 12.0. The molecule has 1 saturated heterocycles. The lowest BCUT2D eigenvalue weighted by Crippen LogP contribution is -2.32. The van der Waals surface area contributed by atoms with E-state index in [1.54, 1.807) is 4.90 Å². The molecule has 0 aliphatic carbocycles. The quantitative estimate of drug-likeness (QED) is 0.805. The highest BCUT2D eigenvalue weighted by atomic mass is 32.1. The molecule has 16 heavy (non-hydrogen) atoms. The number of ether oxygens (including phenoxy) is 1. The molecule has 0 spiro atoms. The minimum Gasteiger partial charge on any atom is -0.381 e. The summed E-state index contributed by atoms with van der Waals surface area (Å²) in [5, 5.41) is 2.75. The minimum absolute atomic E-state index is 0.0104. The Bertz CT molecular complexity index is 372. The number of amides is 1. The van der Waals surface area contributed by atoms with E-state index in [9.17, 15) is 4.79 Å². The van der Waals surface area contributed by atoms with Crippen LogP contribution in [0.2, 0.25) is 0 Å². The number of carbonyl (C=O) groups excluding carboxylic acids is 1. The summed E-state index contributed by atoms with van der Waals surface area (Å²) < 4.78 is 5.30. The molecule has 0 unspecified atom stereocenters. The Balaban J connectivity index is 1.93. The van der Waals surface area contributed by atoms with Gasteiger partial charge in [-0.1, -0.05) is 0 Å². The van der Waals surface area contributed by atoms with E-state index in [4.69, 9.17) is 4.74 Å². The molecule has 4 nitrogen and oxygen atoms in total. The standard InChI is InChI=1S/C11H16N2O2S/c1-8-12-10(7-16-8)11(14)13(2)5-9-3-4-15-6-9/h7,9H,3-6H2,1-2H3/t9-/m1/s1. The van der Waals surface area contributed by atoms with Crippen molar-refractivity contribution in [3.05, 3.63) is 16.1 Å². The van der Waals surface area contributed by atoms with E-state index in [0.29, 0.717) is 11.6 Å². The SMILES string of the molecule is Cc1nc(C(=O)N(C)C[C@H]2CCOC2)cs1. The molecule has 88 valence electrons. The molecule has 1 aromatic heterocycles. The van der Waals surface area contributed by atoms with Crippen molar-refractivity contribution in [1.82, 2.24) is 9.88 Å². The van der Waals surface area contributed by atoms with Crippen LogP contribution in [0.15, 0.2) is 5.38 Å². The molecule has 1 aliphatic heterocycles. The van der Waals surface area contributed by atoms with Crippen molar-refractivity contribution in [2.75, 3.05) is 26.8 Å². The normalized spacial score (nSPS) is 20.0. The van der Waals surface area contributed by atoms with Gasteiger partial charge in [0.25, 0.3) is 5.91 Å². The van der Waals surface area contributed by atoms with Crippen LogP contribution in [0.25, 0.3) is 0 Å². The predicted molar refractivity (Wildman–Crippen MR) is 62.7 cm³/mol. The van der Waals surface area contributed by atoms with Crippen LogP contribution >= 0.6 is 11.3 Å². The molecule has 1 aromatic rings. The van der Waals surface area contributed by atoms with Gasteiger partial charge in [-0.3, -0.25) is 4.79 Å². The summed E-state index contributed by atoms with van der Waals surface area (Å²) in [6.07, 6.45) is 1.05. The number of aryl methyl sites for hydroxylation is 1. The Morgan fingerprint density at radius 1 is 1.75 bits per heavy atom. The number of thiazole rings is 1. The smallest absolute Gasteiger partial charge is 0.273 e. The Labute approximate surface area is 99.2 Å². The molecule has 0 saturated carbocycles. The molecular formula is C11H16N2O2S. The van der Waals surface area contributed by atoms with Gasteiger partial charge in [-0.15, -0.1) is 11.3 Å². The van der Waals surface area contributed by atoms with Crippen molar-refractivity contribution in [3.8, 4) is 0 Å². The number of carbonyl (C=O) groups is 1. The van der Waals surface area contributed by atoms with Gasteiger partial charge >= 0.3 is 0 Å². The van der Waals surface area contributed by atoms with E-state index in [0.717, 1.165) is 31.2 Å². The van der Waals surface area contributed by atoms with E-state index in [1.807, 2.05) is 19.4 Å². The number of hydrogen-bond acceptors (Lipinski definition) is 4. The molecule has 1 amide bonds. The summed E-state index contributed by atoms with van der Waals surface area (Å²) in [5.74, 6) is 0.491. The molecule has 0 aromatic carbocycles. The van der Waals surface area contributed by atoms with Gasteiger partial charge in [-0.2, -0.15) is 0 Å². The third-order valence-electron chi connectivity index (χ3n) is 2.74. The van der Waals surface area contributed by atoms with Gasteiger partial charge in [0.15, 0.2) is 0 Å². The Kier molecular flexibility index (Phi) is 3.56. The second-order valence-corrected chi connectivity index (χ2v) is 5.23. The third-order valence-corrected chi connectivity index (χ3v) is 3.51. The van der Waals surface area contributed by atoms with Crippen LogP contribution in [0.5, 0.6) is 0 Å². The Morgan fingerprint density at radius 2 is 2.56 bits per heavy atom. The highest BCUT2D eigenvalue weighted by Crippen LogP contribution is 2.15. The van der Waals surface area contributed by atoms with E-state index in [1.165, 1.54) is 11.3 Å². The zero-order valence-electron chi connectivity index (χ0n) is 9.60. The molecule has 0 radical (unpaired) electrons. The predicted octanol–water partition coefficient (Wildman–Crippen LogP) is 1.56. The van der Waals surface area contributed by atoms with E-state index in [-0.39, 0.29) is 5.91 Å². The van der Waals surface area contributed by atoms with Gasteiger partial charge in [-0.25, -0.2) is 4.98 Å². The monoisotopic (exact) mass is 240 g/mol. The fourth-order valence-corrected chi connectivity index (χ4v) is 2.44. The number of hydrogen-bond donors (Lipinski definition) is 0. The number of rotatable bonds is 3. The summed E-state index contributed by atoms with van der Waals surface area (Å²) in [6.45, 7) is 4.26. The van der Waals surface area contributed by atoms with Crippen molar-refractivity contribution >= 4 is 17.2 Å². The number of aromatic nitrogens is 1. The molecule has 1 aliphatic rings. The van der Waals surface area contributed by atoms with Gasteiger partial charge in [0.2, 0.25) is 0 Å². The maximum Gasteiger partial charge on any atom is 0.273 e. The first kappa shape index (κ1) is 11.5. The van der Waals surface area contributed by atoms with Crippen LogP contribution < -0.4 is 0 Å². The largest absolute Gasteiger partial charge is 0.381 e. The third kappa shape index (κ3) is 2.59. The lowest BCUT2D eigenvalue weighted by atomic mass is 10.1.